The van der Waals surface area contributed by atoms with Gasteiger partial charge in [-0.3, -0.25) is 4.79 Å². The monoisotopic (exact) mass is 413 g/mol. The van der Waals surface area contributed by atoms with Crippen LogP contribution in [0.15, 0.2) is 29.2 Å². The number of piperazine rings is 1. The van der Waals surface area contributed by atoms with Crippen molar-refractivity contribution in [3.63, 3.8) is 0 Å². The molecule has 150 valence electrons. The SMILES string of the molecule is CN1CCN(C(=O)CN(C)C(=S)Nc2cccc(S(=O)(=O)N(C)C)c2)CC1. The Balaban J connectivity index is 1.97. The van der Waals surface area contributed by atoms with Gasteiger partial charge in [0.15, 0.2) is 5.11 Å². The molecule has 8 nitrogen and oxygen atoms in total. The molecular formula is C17H27N5O3S2. The lowest BCUT2D eigenvalue weighted by atomic mass is 10.3. The van der Waals surface area contributed by atoms with Gasteiger partial charge in [-0.05, 0) is 37.5 Å². The Morgan fingerprint density at radius 1 is 1.19 bits per heavy atom. The van der Waals surface area contributed by atoms with Crippen LogP contribution in [0.1, 0.15) is 0 Å². The maximum absolute atomic E-state index is 12.4. The topological polar surface area (TPSA) is 76.2 Å². The van der Waals surface area contributed by atoms with E-state index in [4.69, 9.17) is 12.2 Å². The first-order valence-corrected chi connectivity index (χ1v) is 10.5. The van der Waals surface area contributed by atoms with Crippen LogP contribution in [-0.4, -0.2) is 99.4 Å². The molecule has 1 aromatic carbocycles. The van der Waals surface area contributed by atoms with E-state index >= 15 is 0 Å². The zero-order valence-corrected chi connectivity index (χ0v) is 17.8. The van der Waals surface area contributed by atoms with Gasteiger partial charge in [-0.1, -0.05) is 6.07 Å². The summed E-state index contributed by atoms with van der Waals surface area (Å²) in [4.78, 5) is 18.3. The smallest absolute Gasteiger partial charge is 0.242 e. The first-order chi connectivity index (χ1) is 12.6. The third-order valence-corrected chi connectivity index (χ3v) is 6.66. The van der Waals surface area contributed by atoms with Crippen molar-refractivity contribution < 1.29 is 13.2 Å². The predicted molar refractivity (Wildman–Crippen MR) is 110 cm³/mol. The van der Waals surface area contributed by atoms with Gasteiger partial charge in [0.25, 0.3) is 0 Å². The molecule has 1 saturated heterocycles. The molecule has 1 N–H and O–H groups in total. The minimum atomic E-state index is -3.52. The summed E-state index contributed by atoms with van der Waals surface area (Å²) in [6.07, 6.45) is 0. The zero-order chi connectivity index (χ0) is 20.2. The summed E-state index contributed by atoms with van der Waals surface area (Å²) < 4.78 is 25.7. The van der Waals surface area contributed by atoms with Crippen molar-refractivity contribution >= 4 is 38.9 Å². The lowest BCUT2D eigenvalue weighted by Crippen LogP contribution is -2.50. The molecule has 0 radical (unpaired) electrons. The van der Waals surface area contributed by atoms with Gasteiger partial charge < -0.3 is 20.0 Å². The number of carbonyl (C=O) groups excluding carboxylic acids is 1. The molecule has 1 heterocycles. The molecule has 10 heteroatoms. The van der Waals surface area contributed by atoms with Gasteiger partial charge in [0, 0.05) is 53.0 Å². The van der Waals surface area contributed by atoms with Crippen LogP contribution >= 0.6 is 12.2 Å². The molecule has 1 aliphatic heterocycles. The number of amides is 1. The van der Waals surface area contributed by atoms with E-state index in [9.17, 15) is 13.2 Å². The van der Waals surface area contributed by atoms with E-state index in [1.807, 2.05) is 11.9 Å². The molecule has 1 amide bonds. The van der Waals surface area contributed by atoms with Crippen molar-refractivity contribution in [2.24, 2.45) is 0 Å². The Hall–Kier alpha value is -1.75. The zero-order valence-electron chi connectivity index (χ0n) is 16.2. The number of nitrogens with zero attached hydrogens (tertiary/aromatic N) is 4. The first kappa shape index (κ1) is 21.5. The lowest BCUT2D eigenvalue weighted by molar-refractivity contribution is -0.132. The summed E-state index contributed by atoms with van der Waals surface area (Å²) in [5, 5.41) is 3.36. The highest BCUT2D eigenvalue weighted by Crippen LogP contribution is 2.18. The molecule has 1 aromatic rings. The number of sulfonamides is 1. The Labute approximate surface area is 166 Å². The molecular weight excluding hydrogens is 386 g/mol. The fourth-order valence-electron chi connectivity index (χ4n) is 2.59. The summed E-state index contributed by atoms with van der Waals surface area (Å²) in [6, 6.07) is 6.44. The third kappa shape index (κ3) is 5.61. The van der Waals surface area contributed by atoms with E-state index in [0.717, 1.165) is 17.4 Å². The second-order valence-electron chi connectivity index (χ2n) is 6.79. The molecule has 0 spiro atoms. The molecule has 0 unspecified atom stereocenters. The molecule has 0 atom stereocenters. The van der Waals surface area contributed by atoms with Crippen LogP contribution < -0.4 is 5.32 Å². The molecule has 1 fully saturated rings. The van der Waals surface area contributed by atoms with Crippen LogP contribution in [0.25, 0.3) is 0 Å². The normalized spacial score (nSPS) is 15.7. The molecule has 1 aliphatic rings. The highest BCUT2D eigenvalue weighted by Gasteiger charge is 2.21. The van der Waals surface area contributed by atoms with Crippen molar-refractivity contribution in [3.05, 3.63) is 24.3 Å². The number of likely N-dealkylation sites (N-methyl/N-ethyl adjacent to an activating group) is 2. The minimum absolute atomic E-state index is 0.0266. The average molecular weight is 414 g/mol. The second kappa shape index (κ2) is 8.96. The molecule has 27 heavy (non-hydrogen) atoms. The summed E-state index contributed by atoms with van der Waals surface area (Å²) in [6.45, 7) is 3.34. The van der Waals surface area contributed by atoms with Crippen LogP contribution in [0, 0.1) is 0 Å². The van der Waals surface area contributed by atoms with Crippen molar-refractivity contribution in [2.45, 2.75) is 4.90 Å². The average Bonchev–Trinajstić information content (AvgIpc) is 2.62. The molecule has 2 rings (SSSR count). The van der Waals surface area contributed by atoms with Gasteiger partial charge in [0.2, 0.25) is 15.9 Å². The van der Waals surface area contributed by atoms with Crippen molar-refractivity contribution in [1.29, 1.82) is 0 Å². The number of carbonyl (C=O) groups is 1. The fraction of sp³-hybridized carbons (Fsp3) is 0.529. The molecule has 0 aromatic heterocycles. The van der Waals surface area contributed by atoms with Gasteiger partial charge in [-0.15, -0.1) is 0 Å². The van der Waals surface area contributed by atoms with Crippen molar-refractivity contribution in [3.8, 4) is 0 Å². The highest BCUT2D eigenvalue weighted by atomic mass is 32.2. The van der Waals surface area contributed by atoms with Crippen molar-refractivity contribution in [1.82, 2.24) is 19.0 Å². The number of benzene rings is 1. The van der Waals surface area contributed by atoms with Crippen LogP contribution in [-0.2, 0) is 14.8 Å². The minimum Gasteiger partial charge on any atom is -0.343 e. The van der Waals surface area contributed by atoms with Gasteiger partial charge in [0.1, 0.15) is 0 Å². The summed E-state index contributed by atoms with van der Waals surface area (Å²) >= 11 is 5.36. The summed E-state index contributed by atoms with van der Waals surface area (Å²) in [7, 11) is 3.23. The largest absolute Gasteiger partial charge is 0.343 e. The van der Waals surface area contributed by atoms with E-state index in [0.29, 0.717) is 23.9 Å². The molecule has 0 bridgehead atoms. The van der Waals surface area contributed by atoms with Gasteiger partial charge >= 0.3 is 0 Å². The summed E-state index contributed by atoms with van der Waals surface area (Å²) in [5.74, 6) is 0.0266. The van der Waals surface area contributed by atoms with E-state index in [-0.39, 0.29) is 17.3 Å². The number of thiocarbonyl (C=S) groups is 1. The molecule has 0 aliphatic carbocycles. The Morgan fingerprint density at radius 3 is 2.41 bits per heavy atom. The van der Waals surface area contributed by atoms with E-state index < -0.39 is 10.0 Å². The van der Waals surface area contributed by atoms with Crippen LogP contribution in [0.5, 0.6) is 0 Å². The summed E-state index contributed by atoms with van der Waals surface area (Å²) in [5.41, 5.74) is 0.557. The predicted octanol–water partition coefficient (Wildman–Crippen LogP) is 0.340. The van der Waals surface area contributed by atoms with Crippen molar-refractivity contribution in [2.75, 3.05) is 66.2 Å². The third-order valence-electron chi connectivity index (χ3n) is 4.44. The number of rotatable bonds is 5. The standard InChI is InChI=1S/C17H27N5O3S2/c1-19(2)27(24,25)15-7-5-6-14(12-15)18-17(26)21(4)13-16(23)22-10-8-20(3)9-11-22/h5-7,12H,8-11,13H2,1-4H3,(H,18,26). The van der Waals surface area contributed by atoms with Gasteiger partial charge in [-0.2, -0.15) is 0 Å². The Morgan fingerprint density at radius 2 is 1.81 bits per heavy atom. The first-order valence-electron chi connectivity index (χ1n) is 8.62. The number of anilines is 1. The number of hydrogen-bond acceptors (Lipinski definition) is 5. The van der Waals surface area contributed by atoms with Gasteiger partial charge in [-0.25, -0.2) is 12.7 Å². The Bertz CT molecular complexity index is 790. The van der Waals surface area contributed by atoms with E-state index in [1.165, 1.54) is 26.2 Å². The van der Waals surface area contributed by atoms with E-state index in [2.05, 4.69) is 10.2 Å². The van der Waals surface area contributed by atoms with E-state index in [1.54, 1.807) is 24.1 Å². The second-order valence-corrected chi connectivity index (χ2v) is 9.32. The van der Waals surface area contributed by atoms with Crippen LogP contribution in [0.4, 0.5) is 5.69 Å². The Kier molecular flexibility index (Phi) is 7.15. The number of nitrogens with one attached hydrogen (secondary N) is 1. The molecule has 0 saturated carbocycles. The quantitative estimate of drug-likeness (QED) is 0.698. The highest BCUT2D eigenvalue weighted by molar-refractivity contribution is 7.89. The maximum Gasteiger partial charge on any atom is 0.242 e. The van der Waals surface area contributed by atoms with Crippen LogP contribution in [0.3, 0.4) is 0 Å². The lowest BCUT2D eigenvalue weighted by Gasteiger charge is -2.33. The number of hydrogen-bond donors (Lipinski definition) is 1. The van der Waals surface area contributed by atoms with Crippen LogP contribution in [0.2, 0.25) is 0 Å². The maximum atomic E-state index is 12.4. The van der Waals surface area contributed by atoms with Gasteiger partial charge in [0.05, 0.1) is 11.4 Å². The fourth-order valence-corrected chi connectivity index (χ4v) is 3.73.